The van der Waals surface area contributed by atoms with Gasteiger partial charge in [0, 0.05) is 39.0 Å². The monoisotopic (exact) mass is 398 g/mol. The summed E-state index contributed by atoms with van der Waals surface area (Å²) in [4.78, 5) is -0.0184. The molecule has 21 heavy (non-hydrogen) atoms. The van der Waals surface area contributed by atoms with Crippen molar-refractivity contribution < 1.29 is 17.4 Å². The van der Waals surface area contributed by atoms with Gasteiger partial charge in [-0.2, -0.15) is 0 Å². The van der Waals surface area contributed by atoms with Gasteiger partial charge in [-0.3, -0.25) is 4.21 Å². The molecule has 3 N–H and O–H groups in total. The Kier molecular flexibility index (Phi) is 6.64. The van der Waals surface area contributed by atoms with Crippen molar-refractivity contribution in [2.75, 3.05) is 24.9 Å². The van der Waals surface area contributed by atoms with Gasteiger partial charge in [0.1, 0.15) is 10.6 Å². The predicted molar refractivity (Wildman–Crippen MR) is 88.4 cm³/mol. The van der Waals surface area contributed by atoms with Crippen LogP contribution >= 0.6 is 15.9 Å². The fourth-order valence-corrected chi connectivity index (χ4v) is 4.12. The second-order valence-corrected chi connectivity index (χ2v) is 8.70. The van der Waals surface area contributed by atoms with Crippen LogP contribution in [-0.2, 0) is 20.8 Å². The van der Waals surface area contributed by atoms with Gasteiger partial charge in [-0.05, 0) is 41.4 Å². The second kappa shape index (κ2) is 7.57. The molecule has 0 aliphatic carbocycles. The molecule has 6 nitrogen and oxygen atoms in total. The van der Waals surface area contributed by atoms with Gasteiger partial charge in [0.15, 0.2) is 0 Å². The van der Waals surface area contributed by atoms with Gasteiger partial charge in [0.2, 0.25) is 10.0 Å². The minimum Gasteiger partial charge on any atom is -0.495 e. The van der Waals surface area contributed by atoms with Crippen LogP contribution in [0.3, 0.4) is 0 Å². The smallest absolute Gasteiger partial charge is 0.244 e. The molecule has 1 aromatic carbocycles. The Morgan fingerprint density at radius 1 is 1.48 bits per heavy atom. The third kappa shape index (κ3) is 5.24. The van der Waals surface area contributed by atoms with Crippen LogP contribution in [0.25, 0.3) is 0 Å². The number of sulfonamides is 1. The van der Waals surface area contributed by atoms with E-state index < -0.39 is 20.8 Å². The zero-order chi connectivity index (χ0) is 16.2. The number of hydrogen-bond acceptors (Lipinski definition) is 5. The molecule has 0 spiro atoms. The summed E-state index contributed by atoms with van der Waals surface area (Å²) in [6.45, 7) is 1.72. The van der Waals surface area contributed by atoms with E-state index in [1.54, 1.807) is 13.2 Å². The standard InChI is InChI=1S/C12H19BrN2O4S2/c1-8(4-5-20(3)16)15-21(17,18)12-7-10(14)9(13)6-11(12)19-2/h6-8,15H,4-5,14H2,1-3H3. The average Bonchev–Trinajstić information content (AvgIpc) is 2.38. The lowest BCUT2D eigenvalue weighted by molar-refractivity contribution is 0.402. The summed E-state index contributed by atoms with van der Waals surface area (Å²) >= 11 is 3.23. The van der Waals surface area contributed by atoms with Crippen LogP contribution in [0.15, 0.2) is 21.5 Å². The topological polar surface area (TPSA) is 98.5 Å². The van der Waals surface area contributed by atoms with Crippen molar-refractivity contribution in [1.29, 1.82) is 0 Å². The Labute approximate surface area is 136 Å². The van der Waals surface area contributed by atoms with E-state index in [0.717, 1.165) is 0 Å². The van der Waals surface area contributed by atoms with E-state index in [9.17, 15) is 12.6 Å². The quantitative estimate of drug-likeness (QED) is 0.677. The molecule has 0 saturated carbocycles. The summed E-state index contributed by atoms with van der Waals surface area (Å²) in [5.74, 6) is 0.637. The van der Waals surface area contributed by atoms with Gasteiger partial charge < -0.3 is 10.5 Å². The van der Waals surface area contributed by atoms with Crippen LogP contribution in [0.2, 0.25) is 0 Å². The van der Waals surface area contributed by atoms with E-state index in [0.29, 0.717) is 22.3 Å². The molecule has 120 valence electrons. The fourth-order valence-electron chi connectivity index (χ4n) is 1.65. The van der Waals surface area contributed by atoms with Gasteiger partial charge >= 0.3 is 0 Å². The number of rotatable bonds is 7. The molecule has 2 atom stereocenters. The maximum absolute atomic E-state index is 12.4. The van der Waals surface area contributed by atoms with E-state index >= 15 is 0 Å². The number of nitrogen functional groups attached to an aromatic ring is 1. The Hall–Kier alpha value is -0.640. The number of anilines is 1. The Morgan fingerprint density at radius 2 is 2.10 bits per heavy atom. The highest BCUT2D eigenvalue weighted by atomic mass is 79.9. The van der Waals surface area contributed by atoms with E-state index in [-0.39, 0.29) is 16.7 Å². The number of ether oxygens (including phenoxy) is 1. The maximum atomic E-state index is 12.4. The maximum Gasteiger partial charge on any atom is 0.244 e. The number of nitrogens with one attached hydrogen (secondary N) is 1. The zero-order valence-electron chi connectivity index (χ0n) is 12.1. The molecule has 9 heteroatoms. The summed E-state index contributed by atoms with van der Waals surface area (Å²) in [6.07, 6.45) is 2.07. The van der Waals surface area contributed by atoms with Crippen LogP contribution in [-0.4, -0.2) is 37.8 Å². The lowest BCUT2D eigenvalue weighted by atomic mass is 10.3. The molecule has 0 fully saturated rings. The SMILES string of the molecule is COc1cc(Br)c(N)cc1S(=O)(=O)NC(C)CCS(C)=O. The number of methoxy groups -OCH3 is 1. The highest BCUT2D eigenvalue weighted by Gasteiger charge is 2.23. The molecule has 0 saturated heterocycles. The molecule has 0 heterocycles. The highest BCUT2D eigenvalue weighted by Crippen LogP contribution is 2.32. The van der Waals surface area contributed by atoms with Crippen molar-refractivity contribution in [3.05, 3.63) is 16.6 Å². The summed E-state index contributed by atoms with van der Waals surface area (Å²) in [7, 11) is -3.33. The van der Waals surface area contributed by atoms with E-state index in [4.69, 9.17) is 10.5 Å². The van der Waals surface area contributed by atoms with E-state index in [1.807, 2.05) is 0 Å². The molecule has 0 bridgehead atoms. The summed E-state index contributed by atoms with van der Waals surface area (Å²) in [6, 6.07) is 2.51. The minimum atomic E-state index is -3.76. The first-order valence-electron chi connectivity index (χ1n) is 6.12. The van der Waals surface area contributed by atoms with Crippen molar-refractivity contribution in [2.45, 2.75) is 24.3 Å². The Balaban J connectivity index is 3.02. The first kappa shape index (κ1) is 18.4. The van der Waals surface area contributed by atoms with Gasteiger partial charge in [-0.1, -0.05) is 0 Å². The van der Waals surface area contributed by atoms with Crippen molar-refractivity contribution in [3.63, 3.8) is 0 Å². The molecule has 1 rings (SSSR count). The summed E-state index contributed by atoms with van der Waals surface area (Å²) in [5.41, 5.74) is 6.04. The van der Waals surface area contributed by atoms with Crippen LogP contribution in [0, 0.1) is 0 Å². The van der Waals surface area contributed by atoms with Gasteiger partial charge in [0.25, 0.3) is 0 Å². The van der Waals surface area contributed by atoms with Crippen molar-refractivity contribution >= 4 is 42.4 Å². The third-order valence-electron chi connectivity index (χ3n) is 2.77. The Morgan fingerprint density at radius 3 is 2.62 bits per heavy atom. The molecular formula is C12H19BrN2O4S2. The molecule has 0 aromatic heterocycles. The predicted octanol–water partition coefficient (Wildman–Crippen LogP) is 1.48. The minimum absolute atomic E-state index is 0.0184. The number of hydrogen-bond donors (Lipinski definition) is 2. The fraction of sp³-hybridized carbons (Fsp3) is 0.500. The lowest BCUT2D eigenvalue weighted by Crippen LogP contribution is -2.33. The number of nitrogens with two attached hydrogens (primary N) is 1. The Bertz CT molecular complexity index is 634. The number of halogens is 1. The first-order chi connectivity index (χ1) is 9.67. The first-order valence-corrected chi connectivity index (χ1v) is 10.1. The van der Waals surface area contributed by atoms with Crippen LogP contribution < -0.4 is 15.2 Å². The van der Waals surface area contributed by atoms with Crippen molar-refractivity contribution in [1.82, 2.24) is 4.72 Å². The lowest BCUT2D eigenvalue weighted by Gasteiger charge is -2.16. The molecule has 0 amide bonds. The summed E-state index contributed by atoms with van der Waals surface area (Å²) < 4.78 is 44.0. The van der Waals surface area contributed by atoms with Crippen molar-refractivity contribution in [3.8, 4) is 5.75 Å². The summed E-state index contributed by atoms with van der Waals surface area (Å²) in [5, 5.41) is 0. The van der Waals surface area contributed by atoms with E-state index in [2.05, 4.69) is 20.7 Å². The van der Waals surface area contributed by atoms with E-state index in [1.165, 1.54) is 19.2 Å². The highest BCUT2D eigenvalue weighted by molar-refractivity contribution is 9.10. The van der Waals surface area contributed by atoms with Crippen LogP contribution in [0.5, 0.6) is 5.75 Å². The van der Waals surface area contributed by atoms with Gasteiger partial charge in [0.05, 0.1) is 7.11 Å². The molecule has 0 aliphatic rings. The average molecular weight is 399 g/mol. The van der Waals surface area contributed by atoms with Gasteiger partial charge in [-0.25, -0.2) is 13.1 Å². The normalized spacial score (nSPS) is 14.7. The van der Waals surface area contributed by atoms with Crippen LogP contribution in [0.4, 0.5) is 5.69 Å². The third-order valence-corrected chi connectivity index (χ3v) is 5.88. The van der Waals surface area contributed by atoms with Gasteiger partial charge in [-0.15, -0.1) is 0 Å². The second-order valence-electron chi connectivity index (χ2n) is 4.61. The molecule has 1 aromatic rings. The largest absolute Gasteiger partial charge is 0.495 e. The number of benzene rings is 1. The molecule has 2 unspecified atom stereocenters. The van der Waals surface area contributed by atoms with Crippen molar-refractivity contribution in [2.24, 2.45) is 0 Å². The molecular weight excluding hydrogens is 380 g/mol. The molecule has 0 aliphatic heterocycles. The molecule has 0 radical (unpaired) electrons. The zero-order valence-corrected chi connectivity index (χ0v) is 15.3. The van der Waals surface area contributed by atoms with Crippen LogP contribution in [0.1, 0.15) is 13.3 Å².